The first-order valence-corrected chi connectivity index (χ1v) is 8.87. The number of hydrogen-bond acceptors (Lipinski definition) is 6. The molecular formula is C14H18N4O3S. The van der Waals surface area contributed by atoms with Crippen molar-refractivity contribution in [3.8, 4) is 5.75 Å². The molecule has 0 unspecified atom stereocenters. The molecule has 8 heteroatoms. The van der Waals surface area contributed by atoms with Gasteiger partial charge >= 0.3 is 0 Å². The maximum atomic E-state index is 11.4. The van der Waals surface area contributed by atoms with E-state index in [1.165, 1.54) is 0 Å². The van der Waals surface area contributed by atoms with Gasteiger partial charge in [0.25, 0.3) is 0 Å². The summed E-state index contributed by atoms with van der Waals surface area (Å²) in [5.74, 6) is 2.47. The Kier molecular flexibility index (Phi) is 4.02. The van der Waals surface area contributed by atoms with Crippen LogP contribution in [-0.4, -0.2) is 55.3 Å². The summed E-state index contributed by atoms with van der Waals surface area (Å²) in [6.45, 7) is 0.893. The molecule has 0 amide bonds. The Morgan fingerprint density at radius 3 is 2.55 bits per heavy atom. The molecule has 0 aliphatic carbocycles. The number of hydrogen-bond donors (Lipinski definition) is 1. The molecule has 2 aromatic rings. The Bertz CT molecular complexity index is 726. The van der Waals surface area contributed by atoms with Gasteiger partial charge in [0.2, 0.25) is 5.95 Å². The average Bonchev–Trinajstić information content (AvgIpc) is 2.96. The molecule has 0 atom stereocenters. The summed E-state index contributed by atoms with van der Waals surface area (Å²) in [4.78, 5) is 6.35. The van der Waals surface area contributed by atoms with E-state index < -0.39 is 9.84 Å². The number of ether oxygens (including phenoxy) is 1. The lowest BCUT2D eigenvalue weighted by Gasteiger charge is -2.25. The lowest BCUT2D eigenvalue weighted by Crippen LogP contribution is -2.40. The zero-order valence-corrected chi connectivity index (χ0v) is 13.1. The summed E-state index contributed by atoms with van der Waals surface area (Å²) in [6.07, 6.45) is 0.642. The van der Waals surface area contributed by atoms with Crippen LogP contribution in [0.15, 0.2) is 24.3 Å². The molecule has 0 spiro atoms. The summed E-state index contributed by atoms with van der Waals surface area (Å²) in [5, 5.41) is 7.11. The topological polar surface area (TPSA) is 88.2 Å². The second kappa shape index (κ2) is 5.96. The molecular weight excluding hydrogens is 304 g/mol. The number of rotatable bonds is 4. The molecule has 0 radical (unpaired) electrons. The fourth-order valence-corrected chi connectivity index (χ4v) is 3.56. The highest BCUT2D eigenvalue weighted by atomic mass is 32.2. The third-order valence-corrected chi connectivity index (χ3v) is 5.29. The number of methoxy groups -OCH3 is 1. The predicted molar refractivity (Wildman–Crippen MR) is 83.0 cm³/mol. The first-order valence-electron chi connectivity index (χ1n) is 7.05. The minimum absolute atomic E-state index is 0.162. The summed E-state index contributed by atoms with van der Waals surface area (Å²) in [5.41, 5.74) is 1.10. The van der Waals surface area contributed by atoms with Crippen LogP contribution in [0.4, 0.5) is 5.95 Å². The zero-order valence-electron chi connectivity index (χ0n) is 12.3. The van der Waals surface area contributed by atoms with E-state index in [4.69, 9.17) is 4.74 Å². The highest BCUT2D eigenvalue weighted by molar-refractivity contribution is 7.91. The van der Waals surface area contributed by atoms with Crippen LogP contribution in [0.5, 0.6) is 5.75 Å². The van der Waals surface area contributed by atoms with Crippen molar-refractivity contribution >= 4 is 15.8 Å². The Morgan fingerprint density at radius 1 is 1.23 bits per heavy atom. The second-order valence-corrected chi connectivity index (χ2v) is 7.55. The minimum Gasteiger partial charge on any atom is -0.497 e. The summed E-state index contributed by atoms with van der Waals surface area (Å²) in [7, 11) is -1.26. The molecule has 118 valence electrons. The Balaban J connectivity index is 1.66. The summed E-state index contributed by atoms with van der Waals surface area (Å²) in [6, 6.07) is 7.77. The van der Waals surface area contributed by atoms with Crippen LogP contribution in [0.1, 0.15) is 11.4 Å². The van der Waals surface area contributed by atoms with Crippen LogP contribution in [0.3, 0.4) is 0 Å². The van der Waals surface area contributed by atoms with Crippen molar-refractivity contribution in [3.05, 3.63) is 35.7 Å². The van der Waals surface area contributed by atoms with Crippen molar-refractivity contribution in [3.63, 3.8) is 0 Å². The standard InChI is InChI=1S/C14H18N4O3S/c1-21-12-4-2-11(3-5-12)10-13-15-14(17-16-13)18-6-8-22(19,20)9-7-18/h2-5H,6-10H2,1H3,(H,15,16,17). The third kappa shape index (κ3) is 3.38. The number of aromatic nitrogens is 3. The molecule has 2 heterocycles. The molecule has 1 aliphatic heterocycles. The summed E-state index contributed by atoms with van der Waals surface area (Å²) >= 11 is 0. The van der Waals surface area contributed by atoms with E-state index in [0.29, 0.717) is 25.5 Å². The maximum Gasteiger partial charge on any atom is 0.244 e. The molecule has 0 saturated carbocycles. The number of sulfone groups is 1. The van der Waals surface area contributed by atoms with Crippen LogP contribution < -0.4 is 9.64 Å². The van der Waals surface area contributed by atoms with Gasteiger partial charge in [0.05, 0.1) is 18.6 Å². The van der Waals surface area contributed by atoms with Gasteiger partial charge in [-0.15, -0.1) is 5.10 Å². The van der Waals surface area contributed by atoms with Gasteiger partial charge in [-0.1, -0.05) is 12.1 Å². The van der Waals surface area contributed by atoms with E-state index in [2.05, 4.69) is 15.2 Å². The number of H-pyrrole nitrogens is 1. The summed E-state index contributed by atoms with van der Waals surface area (Å²) < 4.78 is 28.0. The average molecular weight is 322 g/mol. The molecule has 1 aromatic heterocycles. The zero-order chi connectivity index (χ0) is 15.6. The third-order valence-electron chi connectivity index (χ3n) is 3.68. The second-order valence-electron chi connectivity index (χ2n) is 5.25. The lowest BCUT2D eigenvalue weighted by atomic mass is 10.1. The number of nitrogens with zero attached hydrogens (tertiary/aromatic N) is 3. The normalized spacial score (nSPS) is 17.4. The Morgan fingerprint density at radius 2 is 1.91 bits per heavy atom. The monoisotopic (exact) mass is 322 g/mol. The molecule has 1 N–H and O–H groups in total. The van der Waals surface area contributed by atoms with Crippen LogP contribution in [-0.2, 0) is 16.3 Å². The Labute approximate surface area is 129 Å². The molecule has 22 heavy (non-hydrogen) atoms. The Hall–Kier alpha value is -2.09. The number of aromatic amines is 1. The fraction of sp³-hybridized carbons (Fsp3) is 0.429. The maximum absolute atomic E-state index is 11.4. The van der Waals surface area contributed by atoms with Crippen molar-refractivity contribution in [2.75, 3.05) is 36.6 Å². The van der Waals surface area contributed by atoms with Gasteiger partial charge in [0.1, 0.15) is 11.6 Å². The van der Waals surface area contributed by atoms with Crippen molar-refractivity contribution < 1.29 is 13.2 Å². The van der Waals surface area contributed by atoms with Gasteiger partial charge in [0.15, 0.2) is 9.84 Å². The van der Waals surface area contributed by atoms with Gasteiger partial charge in [-0.05, 0) is 17.7 Å². The SMILES string of the molecule is COc1ccc(Cc2nc(N3CCS(=O)(=O)CC3)n[nH]2)cc1. The largest absolute Gasteiger partial charge is 0.497 e. The molecule has 3 rings (SSSR count). The van der Waals surface area contributed by atoms with Gasteiger partial charge < -0.3 is 9.64 Å². The number of benzene rings is 1. The number of nitrogens with one attached hydrogen (secondary N) is 1. The van der Waals surface area contributed by atoms with E-state index in [-0.39, 0.29) is 11.5 Å². The van der Waals surface area contributed by atoms with Crippen LogP contribution in [0.2, 0.25) is 0 Å². The lowest BCUT2D eigenvalue weighted by molar-refractivity contribution is 0.414. The molecule has 7 nitrogen and oxygen atoms in total. The molecule has 1 aromatic carbocycles. The highest BCUT2D eigenvalue weighted by Gasteiger charge is 2.24. The van der Waals surface area contributed by atoms with E-state index in [1.807, 2.05) is 29.2 Å². The molecule has 0 bridgehead atoms. The minimum atomic E-state index is -2.89. The molecule has 1 aliphatic rings. The van der Waals surface area contributed by atoms with E-state index >= 15 is 0 Å². The van der Waals surface area contributed by atoms with E-state index in [0.717, 1.165) is 17.1 Å². The van der Waals surface area contributed by atoms with Crippen molar-refractivity contribution in [2.45, 2.75) is 6.42 Å². The van der Waals surface area contributed by atoms with Crippen LogP contribution in [0.25, 0.3) is 0 Å². The molecule has 1 fully saturated rings. The van der Waals surface area contributed by atoms with Crippen LogP contribution in [0, 0.1) is 0 Å². The fourth-order valence-electron chi connectivity index (χ4n) is 2.35. The van der Waals surface area contributed by atoms with Gasteiger partial charge in [-0.3, -0.25) is 5.10 Å². The quantitative estimate of drug-likeness (QED) is 0.889. The highest BCUT2D eigenvalue weighted by Crippen LogP contribution is 2.16. The van der Waals surface area contributed by atoms with Crippen molar-refractivity contribution in [2.24, 2.45) is 0 Å². The van der Waals surface area contributed by atoms with Gasteiger partial charge in [-0.2, -0.15) is 4.98 Å². The van der Waals surface area contributed by atoms with Crippen molar-refractivity contribution in [1.82, 2.24) is 15.2 Å². The van der Waals surface area contributed by atoms with Crippen LogP contribution >= 0.6 is 0 Å². The number of anilines is 1. The smallest absolute Gasteiger partial charge is 0.244 e. The van der Waals surface area contributed by atoms with Crippen molar-refractivity contribution in [1.29, 1.82) is 0 Å². The predicted octanol–water partition coefficient (Wildman–Crippen LogP) is 0.639. The van der Waals surface area contributed by atoms with E-state index in [1.54, 1.807) is 7.11 Å². The van der Waals surface area contributed by atoms with E-state index in [9.17, 15) is 8.42 Å². The first-order chi connectivity index (χ1) is 10.6. The first kappa shape index (κ1) is 14.8. The van der Waals surface area contributed by atoms with Gasteiger partial charge in [-0.25, -0.2) is 8.42 Å². The molecule has 1 saturated heterocycles. The van der Waals surface area contributed by atoms with Gasteiger partial charge in [0, 0.05) is 19.5 Å².